The van der Waals surface area contributed by atoms with Crippen LogP contribution in [0.4, 0.5) is 0 Å². The van der Waals surface area contributed by atoms with Gasteiger partial charge in [0.2, 0.25) is 0 Å². The van der Waals surface area contributed by atoms with Crippen molar-refractivity contribution in [3.63, 3.8) is 0 Å². The molecule has 0 N–H and O–H groups in total. The monoisotopic (exact) mass is 224 g/mol. The van der Waals surface area contributed by atoms with Crippen LogP contribution in [0.3, 0.4) is 0 Å². The van der Waals surface area contributed by atoms with Gasteiger partial charge in [0.15, 0.2) is 12.1 Å². The molecule has 0 aliphatic rings. The number of hydrogen-bond acceptors (Lipinski definition) is 4. The van der Waals surface area contributed by atoms with Crippen molar-refractivity contribution < 1.29 is 14.3 Å². The largest absolute Gasteiger partial charge is 0.458 e. The van der Waals surface area contributed by atoms with Gasteiger partial charge in [-0.25, -0.2) is 9.78 Å². The van der Waals surface area contributed by atoms with Gasteiger partial charge in [-0.15, -0.1) is 0 Å². The summed E-state index contributed by atoms with van der Waals surface area (Å²) in [6.45, 7) is 7.06. The van der Waals surface area contributed by atoms with E-state index in [4.69, 9.17) is 4.74 Å². The van der Waals surface area contributed by atoms with Gasteiger partial charge in [-0.05, 0) is 27.7 Å². The lowest BCUT2D eigenvalue weighted by atomic mass is 10.2. The molecule has 0 aromatic carbocycles. The summed E-state index contributed by atoms with van der Waals surface area (Å²) in [5.74, 6) is -0.160. The third kappa shape index (κ3) is 2.92. The lowest BCUT2D eigenvalue weighted by Crippen LogP contribution is -2.29. The van der Waals surface area contributed by atoms with Crippen molar-refractivity contribution in [2.45, 2.75) is 39.3 Å². The SMILES string of the molecule is CC(C(=O)OC(C)(C)C)n1ccnc1C=O. The standard InChI is InChI=1S/C11H16N2O3/c1-8(10(15)16-11(2,3)4)13-6-5-12-9(13)7-14/h5-8H,1-4H3. The lowest BCUT2D eigenvalue weighted by Gasteiger charge is -2.23. The van der Waals surface area contributed by atoms with Gasteiger partial charge in [0, 0.05) is 12.4 Å². The molecule has 88 valence electrons. The zero-order valence-corrected chi connectivity index (χ0v) is 9.93. The fourth-order valence-electron chi connectivity index (χ4n) is 1.24. The summed E-state index contributed by atoms with van der Waals surface area (Å²) >= 11 is 0. The molecule has 1 heterocycles. The number of aldehydes is 1. The molecule has 0 fully saturated rings. The van der Waals surface area contributed by atoms with E-state index in [2.05, 4.69) is 4.98 Å². The van der Waals surface area contributed by atoms with E-state index in [1.807, 2.05) is 0 Å². The van der Waals surface area contributed by atoms with Gasteiger partial charge in [0.1, 0.15) is 11.6 Å². The molecule has 0 aliphatic carbocycles. The number of esters is 1. The van der Waals surface area contributed by atoms with E-state index in [9.17, 15) is 9.59 Å². The van der Waals surface area contributed by atoms with E-state index < -0.39 is 11.6 Å². The molecule has 1 rings (SSSR count). The Balaban J connectivity index is 2.82. The molecule has 0 saturated carbocycles. The van der Waals surface area contributed by atoms with Crippen LogP contribution in [0, 0.1) is 0 Å². The predicted molar refractivity (Wildman–Crippen MR) is 58.2 cm³/mol. The fourth-order valence-corrected chi connectivity index (χ4v) is 1.24. The summed E-state index contributed by atoms with van der Waals surface area (Å²) in [6.07, 6.45) is 3.67. The molecule has 0 radical (unpaired) electrons. The highest BCUT2D eigenvalue weighted by Crippen LogP contribution is 2.15. The Labute approximate surface area is 94.4 Å². The van der Waals surface area contributed by atoms with Gasteiger partial charge in [0.25, 0.3) is 0 Å². The molecule has 1 unspecified atom stereocenters. The Bertz CT molecular complexity index is 390. The first-order valence-electron chi connectivity index (χ1n) is 5.06. The summed E-state index contributed by atoms with van der Waals surface area (Å²) < 4.78 is 6.71. The summed E-state index contributed by atoms with van der Waals surface area (Å²) in [4.78, 5) is 26.2. The van der Waals surface area contributed by atoms with Gasteiger partial charge in [-0.1, -0.05) is 0 Å². The highest BCUT2D eigenvalue weighted by molar-refractivity contribution is 5.76. The van der Waals surface area contributed by atoms with Crippen LogP contribution in [-0.2, 0) is 9.53 Å². The second kappa shape index (κ2) is 4.47. The van der Waals surface area contributed by atoms with Crippen molar-refractivity contribution in [2.75, 3.05) is 0 Å². The zero-order chi connectivity index (χ0) is 12.3. The van der Waals surface area contributed by atoms with Crippen molar-refractivity contribution in [2.24, 2.45) is 0 Å². The average Bonchev–Trinajstić information content (AvgIpc) is 2.61. The van der Waals surface area contributed by atoms with Crippen molar-refractivity contribution in [3.8, 4) is 0 Å². The number of hydrogen-bond donors (Lipinski definition) is 0. The molecule has 1 aromatic rings. The van der Waals surface area contributed by atoms with Crippen LogP contribution in [0.15, 0.2) is 12.4 Å². The topological polar surface area (TPSA) is 61.2 Å². The first-order valence-corrected chi connectivity index (χ1v) is 5.06. The molecule has 0 spiro atoms. The molecular formula is C11H16N2O3. The van der Waals surface area contributed by atoms with Gasteiger partial charge in [-0.3, -0.25) is 4.79 Å². The minimum absolute atomic E-state index is 0.221. The second-order valence-electron chi connectivity index (χ2n) is 4.52. The van der Waals surface area contributed by atoms with Crippen LogP contribution in [-0.4, -0.2) is 27.4 Å². The maximum Gasteiger partial charge on any atom is 0.329 e. The fraction of sp³-hybridized carbons (Fsp3) is 0.545. The highest BCUT2D eigenvalue weighted by atomic mass is 16.6. The Morgan fingerprint density at radius 3 is 2.69 bits per heavy atom. The third-order valence-electron chi connectivity index (χ3n) is 1.97. The lowest BCUT2D eigenvalue weighted by molar-refractivity contribution is -0.158. The highest BCUT2D eigenvalue weighted by Gasteiger charge is 2.24. The van der Waals surface area contributed by atoms with E-state index >= 15 is 0 Å². The van der Waals surface area contributed by atoms with Crippen LogP contribution in [0.2, 0.25) is 0 Å². The predicted octanol–water partition coefficient (Wildman–Crippen LogP) is 1.60. The maximum atomic E-state index is 11.7. The normalized spacial score (nSPS) is 13.2. The minimum Gasteiger partial charge on any atom is -0.458 e. The summed E-state index contributed by atoms with van der Waals surface area (Å²) in [6, 6.07) is -0.554. The van der Waals surface area contributed by atoms with E-state index in [0.717, 1.165) is 0 Å². The number of nitrogens with zero attached hydrogens (tertiary/aromatic N) is 2. The van der Waals surface area contributed by atoms with Crippen molar-refractivity contribution in [3.05, 3.63) is 18.2 Å². The minimum atomic E-state index is -0.554. The molecule has 1 aromatic heterocycles. The average molecular weight is 224 g/mol. The van der Waals surface area contributed by atoms with E-state index in [-0.39, 0.29) is 11.8 Å². The molecule has 0 saturated heterocycles. The molecular weight excluding hydrogens is 208 g/mol. The zero-order valence-electron chi connectivity index (χ0n) is 9.93. The van der Waals surface area contributed by atoms with Crippen LogP contribution >= 0.6 is 0 Å². The van der Waals surface area contributed by atoms with Crippen LogP contribution in [0.1, 0.15) is 44.4 Å². The van der Waals surface area contributed by atoms with Gasteiger partial charge in [0.05, 0.1) is 0 Å². The first-order chi connectivity index (χ1) is 7.35. The van der Waals surface area contributed by atoms with Crippen LogP contribution in [0.25, 0.3) is 0 Å². The van der Waals surface area contributed by atoms with Gasteiger partial charge < -0.3 is 9.30 Å². The van der Waals surface area contributed by atoms with Crippen molar-refractivity contribution >= 4 is 12.3 Å². The Hall–Kier alpha value is -1.65. The number of ether oxygens (including phenoxy) is 1. The molecule has 0 bridgehead atoms. The van der Waals surface area contributed by atoms with Gasteiger partial charge >= 0.3 is 5.97 Å². The maximum absolute atomic E-state index is 11.7. The Kier molecular flexibility index (Phi) is 3.47. The molecule has 0 amide bonds. The van der Waals surface area contributed by atoms with Gasteiger partial charge in [-0.2, -0.15) is 0 Å². The van der Waals surface area contributed by atoms with Crippen LogP contribution in [0.5, 0.6) is 0 Å². The number of rotatable bonds is 3. The quantitative estimate of drug-likeness (QED) is 0.578. The van der Waals surface area contributed by atoms with Crippen molar-refractivity contribution in [1.29, 1.82) is 0 Å². The number of aromatic nitrogens is 2. The summed E-state index contributed by atoms with van der Waals surface area (Å²) in [5, 5.41) is 0. The van der Waals surface area contributed by atoms with Crippen LogP contribution < -0.4 is 0 Å². The molecule has 1 atom stereocenters. The Morgan fingerprint density at radius 1 is 1.56 bits per heavy atom. The molecule has 5 nitrogen and oxygen atoms in total. The summed E-state index contributed by atoms with van der Waals surface area (Å²) in [5.41, 5.74) is -0.534. The number of carbonyl (C=O) groups excluding carboxylic acids is 2. The second-order valence-corrected chi connectivity index (χ2v) is 4.52. The molecule has 5 heteroatoms. The first kappa shape index (κ1) is 12.4. The Morgan fingerprint density at radius 2 is 2.19 bits per heavy atom. The molecule has 0 aliphatic heterocycles. The van der Waals surface area contributed by atoms with E-state index in [1.165, 1.54) is 10.8 Å². The smallest absolute Gasteiger partial charge is 0.329 e. The number of imidazole rings is 1. The molecule has 16 heavy (non-hydrogen) atoms. The van der Waals surface area contributed by atoms with E-state index in [0.29, 0.717) is 6.29 Å². The van der Waals surface area contributed by atoms with Crippen molar-refractivity contribution in [1.82, 2.24) is 9.55 Å². The third-order valence-corrected chi connectivity index (χ3v) is 1.97. The van der Waals surface area contributed by atoms with E-state index in [1.54, 1.807) is 33.9 Å². The number of carbonyl (C=O) groups is 2. The summed E-state index contributed by atoms with van der Waals surface area (Å²) in [7, 11) is 0.